The van der Waals surface area contributed by atoms with Crippen molar-refractivity contribution in [3.63, 3.8) is 0 Å². The van der Waals surface area contributed by atoms with Gasteiger partial charge in [0.05, 0.1) is 16.5 Å². The highest BCUT2D eigenvalue weighted by Gasteiger charge is 2.48. The monoisotopic (exact) mass is 432 g/mol. The van der Waals surface area contributed by atoms with Gasteiger partial charge in [0.25, 0.3) is 11.4 Å². The van der Waals surface area contributed by atoms with Crippen LogP contribution < -0.4 is 0 Å². The third-order valence-corrected chi connectivity index (χ3v) is 4.46. The zero-order valence-electron chi connectivity index (χ0n) is 15.7. The van der Waals surface area contributed by atoms with E-state index < -0.39 is 21.2 Å². The molecule has 156 valence electrons. The van der Waals surface area contributed by atoms with Gasteiger partial charge in [0, 0.05) is 36.7 Å². The lowest BCUT2D eigenvalue weighted by molar-refractivity contribution is -0.385. The zero-order valence-corrected chi connectivity index (χ0v) is 16.5. The number of aromatic amines is 1. The van der Waals surface area contributed by atoms with Crippen LogP contribution in [0.3, 0.4) is 0 Å². The summed E-state index contributed by atoms with van der Waals surface area (Å²) in [6.07, 6.45) is 2.99. The topological polar surface area (TPSA) is 141 Å². The molecule has 0 spiro atoms. The van der Waals surface area contributed by atoms with Crippen molar-refractivity contribution < 1.29 is 19.4 Å². The first-order valence-electron chi connectivity index (χ1n) is 8.58. The van der Waals surface area contributed by atoms with Gasteiger partial charge in [0.2, 0.25) is 0 Å². The number of imidazole rings is 1. The highest BCUT2D eigenvalue weighted by Crippen LogP contribution is 2.40. The van der Waals surface area contributed by atoms with Gasteiger partial charge in [-0.2, -0.15) is 0 Å². The number of carbonyl (C=O) groups is 1. The van der Waals surface area contributed by atoms with Crippen LogP contribution in [0.1, 0.15) is 23.9 Å². The number of ether oxygens (including phenoxy) is 1. The van der Waals surface area contributed by atoms with Crippen LogP contribution in [0.25, 0.3) is 0 Å². The highest BCUT2D eigenvalue weighted by atomic mass is 35.5. The van der Waals surface area contributed by atoms with Gasteiger partial charge < -0.3 is 9.72 Å². The molecule has 0 saturated heterocycles. The minimum atomic E-state index is -1.59. The SMILES string of the molecule is CCOC(=O)C(c1ccc([N+](=O)[O-])cc1)(c1ccc([N+](=O)[O-])cc1)c1ncc[nH]1.Cl. The van der Waals surface area contributed by atoms with Gasteiger partial charge in [-0.3, -0.25) is 25.0 Å². The third-order valence-electron chi connectivity index (χ3n) is 4.46. The molecule has 1 heterocycles. The summed E-state index contributed by atoms with van der Waals surface area (Å²) in [5.41, 5.74) is -1.15. The first-order valence-corrected chi connectivity index (χ1v) is 8.58. The van der Waals surface area contributed by atoms with E-state index in [0.717, 1.165) is 0 Å². The largest absolute Gasteiger partial charge is 0.465 e. The summed E-state index contributed by atoms with van der Waals surface area (Å²) in [6.45, 7) is 1.73. The van der Waals surface area contributed by atoms with Crippen molar-refractivity contribution in [3.05, 3.63) is 98.1 Å². The molecule has 1 N–H and O–H groups in total. The number of carbonyl (C=O) groups excluding carboxylic acids is 1. The number of hydrogen-bond donors (Lipinski definition) is 1. The molecule has 0 unspecified atom stereocenters. The Morgan fingerprint density at radius 1 is 1.00 bits per heavy atom. The van der Waals surface area contributed by atoms with Crippen LogP contribution in [0.4, 0.5) is 11.4 Å². The summed E-state index contributed by atoms with van der Waals surface area (Å²) in [7, 11) is 0. The maximum absolute atomic E-state index is 13.3. The van der Waals surface area contributed by atoms with E-state index in [0.29, 0.717) is 11.1 Å². The number of esters is 1. The Bertz CT molecular complexity index is 978. The van der Waals surface area contributed by atoms with Crippen LogP contribution in [-0.2, 0) is 14.9 Å². The van der Waals surface area contributed by atoms with Crippen molar-refractivity contribution >= 4 is 29.8 Å². The molecule has 10 nitrogen and oxygen atoms in total. The molecule has 30 heavy (non-hydrogen) atoms. The van der Waals surface area contributed by atoms with E-state index in [-0.39, 0.29) is 36.2 Å². The highest BCUT2D eigenvalue weighted by molar-refractivity contribution is 5.91. The molecule has 0 aliphatic heterocycles. The molecule has 0 atom stereocenters. The van der Waals surface area contributed by atoms with Crippen LogP contribution >= 0.6 is 12.4 Å². The average Bonchev–Trinajstić information content (AvgIpc) is 3.24. The van der Waals surface area contributed by atoms with Gasteiger partial charge in [0.1, 0.15) is 5.82 Å². The quantitative estimate of drug-likeness (QED) is 0.341. The lowest BCUT2D eigenvalue weighted by Crippen LogP contribution is -2.41. The van der Waals surface area contributed by atoms with Crippen LogP contribution in [0, 0.1) is 20.2 Å². The Hall–Kier alpha value is -3.79. The molecule has 0 saturated carbocycles. The number of H-pyrrole nitrogens is 1. The number of nitro groups is 2. The second-order valence-electron chi connectivity index (χ2n) is 6.02. The lowest BCUT2D eigenvalue weighted by atomic mass is 9.73. The van der Waals surface area contributed by atoms with Crippen LogP contribution in [0.2, 0.25) is 0 Å². The maximum Gasteiger partial charge on any atom is 0.328 e. The standard InChI is InChI=1S/C19H16N4O6.ClH/c1-2-29-18(24)19(17-20-11-12-21-17,13-3-7-15(8-4-13)22(25)26)14-5-9-16(10-6-14)23(27)28;/h3-12H,2H2,1H3,(H,20,21);1H. The summed E-state index contributed by atoms with van der Waals surface area (Å²) in [4.78, 5) is 41.4. The van der Waals surface area contributed by atoms with E-state index in [1.54, 1.807) is 6.92 Å². The lowest BCUT2D eigenvalue weighted by Gasteiger charge is -2.30. The minimum Gasteiger partial charge on any atom is -0.465 e. The average molecular weight is 433 g/mol. The number of benzene rings is 2. The molecule has 0 aliphatic carbocycles. The van der Waals surface area contributed by atoms with Gasteiger partial charge in [0.15, 0.2) is 5.41 Å². The predicted octanol–water partition coefficient (Wildman–Crippen LogP) is 3.55. The zero-order chi connectivity index (χ0) is 21.0. The minimum absolute atomic E-state index is 0. The third kappa shape index (κ3) is 3.85. The fourth-order valence-electron chi connectivity index (χ4n) is 3.15. The van der Waals surface area contributed by atoms with E-state index >= 15 is 0 Å². The number of hydrogen-bond acceptors (Lipinski definition) is 7. The molecule has 0 radical (unpaired) electrons. The van der Waals surface area contributed by atoms with E-state index in [1.807, 2.05) is 0 Å². The molecule has 0 bridgehead atoms. The second-order valence-corrected chi connectivity index (χ2v) is 6.02. The normalized spacial score (nSPS) is 10.7. The van der Waals surface area contributed by atoms with Crippen LogP contribution in [0.5, 0.6) is 0 Å². The second kappa shape index (κ2) is 9.14. The molecule has 2 aromatic carbocycles. The molecular formula is C19H17ClN4O6. The Labute approximate surface area is 176 Å². The Morgan fingerprint density at radius 2 is 1.47 bits per heavy atom. The number of nitrogens with one attached hydrogen (secondary N) is 1. The summed E-state index contributed by atoms with van der Waals surface area (Å²) in [5, 5.41) is 22.1. The molecule has 11 heteroatoms. The molecule has 0 aliphatic rings. The van der Waals surface area contributed by atoms with E-state index in [9.17, 15) is 25.0 Å². The number of aromatic nitrogens is 2. The summed E-state index contributed by atoms with van der Waals surface area (Å²) < 4.78 is 5.33. The molecule has 1 aromatic heterocycles. The van der Waals surface area contributed by atoms with Gasteiger partial charge in [-0.05, 0) is 18.1 Å². The fourth-order valence-corrected chi connectivity index (χ4v) is 3.15. The van der Waals surface area contributed by atoms with E-state index in [2.05, 4.69) is 9.97 Å². The number of rotatable bonds is 7. The summed E-state index contributed by atoms with van der Waals surface area (Å²) in [6, 6.07) is 10.9. The number of nitro benzene ring substituents is 2. The van der Waals surface area contributed by atoms with Crippen molar-refractivity contribution in [2.75, 3.05) is 6.61 Å². The smallest absolute Gasteiger partial charge is 0.328 e. The summed E-state index contributed by atoms with van der Waals surface area (Å²) >= 11 is 0. The van der Waals surface area contributed by atoms with Gasteiger partial charge in [-0.25, -0.2) is 4.98 Å². The molecule has 3 aromatic rings. The van der Waals surface area contributed by atoms with Crippen molar-refractivity contribution in [3.8, 4) is 0 Å². The van der Waals surface area contributed by atoms with Gasteiger partial charge >= 0.3 is 5.97 Å². The van der Waals surface area contributed by atoms with Crippen molar-refractivity contribution in [2.24, 2.45) is 0 Å². The van der Waals surface area contributed by atoms with Gasteiger partial charge in [-0.1, -0.05) is 24.3 Å². The first kappa shape index (κ1) is 22.5. The van der Waals surface area contributed by atoms with Crippen molar-refractivity contribution in [2.45, 2.75) is 12.3 Å². The Kier molecular flexibility index (Phi) is 6.85. The van der Waals surface area contributed by atoms with Crippen molar-refractivity contribution in [1.29, 1.82) is 0 Å². The first-order chi connectivity index (χ1) is 13.9. The molecular weight excluding hydrogens is 416 g/mol. The van der Waals surface area contributed by atoms with E-state index in [4.69, 9.17) is 4.74 Å². The Balaban J connectivity index is 0.00000320. The number of non-ortho nitro benzene ring substituents is 2. The van der Waals surface area contributed by atoms with Crippen LogP contribution in [0.15, 0.2) is 60.9 Å². The maximum atomic E-state index is 13.3. The van der Waals surface area contributed by atoms with E-state index in [1.165, 1.54) is 60.9 Å². The summed E-state index contributed by atoms with van der Waals surface area (Å²) in [5.74, 6) is -0.448. The van der Waals surface area contributed by atoms with Crippen molar-refractivity contribution in [1.82, 2.24) is 9.97 Å². The predicted molar refractivity (Wildman–Crippen MR) is 109 cm³/mol. The molecule has 0 amide bonds. The molecule has 0 fully saturated rings. The molecule has 3 rings (SSSR count). The number of nitrogens with zero attached hydrogens (tertiary/aromatic N) is 3. The Morgan fingerprint density at radius 3 is 1.80 bits per heavy atom. The van der Waals surface area contributed by atoms with Crippen LogP contribution in [-0.4, -0.2) is 32.4 Å². The fraction of sp³-hybridized carbons (Fsp3) is 0.158. The number of halogens is 1. The van der Waals surface area contributed by atoms with Gasteiger partial charge in [-0.15, -0.1) is 12.4 Å².